The second kappa shape index (κ2) is 6.40. The van der Waals surface area contributed by atoms with Crippen LogP contribution in [0.1, 0.15) is 32.1 Å². The Balaban J connectivity index is 2.26. The Labute approximate surface area is 129 Å². The number of halogens is 3. The molecule has 5 heteroatoms. The van der Waals surface area contributed by atoms with E-state index in [9.17, 15) is 0 Å². The van der Waals surface area contributed by atoms with Crippen LogP contribution in [0, 0.1) is 5.92 Å². The van der Waals surface area contributed by atoms with Crippen LogP contribution in [0.2, 0.25) is 5.02 Å². The monoisotopic (exact) mass is 392 g/mol. The number of rotatable bonds is 2. The number of aliphatic imine (C=N–C) groups is 1. The van der Waals surface area contributed by atoms with Crippen LogP contribution < -0.4 is 5.73 Å². The summed E-state index contributed by atoms with van der Waals surface area (Å²) in [6, 6.07) is 3.67. The van der Waals surface area contributed by atoms with Gasteiger partial charge in [-0.25, -0.2) is 4.99 Å². The smallest absolute Gasteiger partial charge is 0.103 e. The largest absolute Gasteiger partial charge is 0.387 e. The van der Waals surface area contributed by atoms with Gasteiger partial charge in [0.15, 0.2) is 0 Å². The molecule has 1 aliphatic rings. The molecule has 0 bridgehead atoms. The molecule has 0 amide bonds. The Hall–Kier alpha value is -0.0600. The lowest BCUT2D eigenvalue weighted by Gasteiger charge is -2.21. The highest BCUT2D eigenvalue weighted by molar-refractivity contribution is 9.11. The second-order valence-corrected chi connectivity index (χ2v) is 6.73. The van der Waals surface area contributed by atoms with Gasteiger partial charge in [-0.15, -0.1) is 0 Å². The highest BCUT2D eigenvalue weighted by atomic mass is 79.9. The van der Waals surface area contributed by atoms with E-state index in [1.807, 2.05) is 12.1 Å². The van der Waals surface area contributed by atoms with E-state index in [2.05, 4.69) is 36.9 Å². The van der Waals surface area contributed by atoms with E-state index in [1.54, 1.807) is 0 Å². The van der Waals surface area contributed by atoms with Crippen LogP contribution in [-0.2, 0) is 0 Å². The van der Waals surface area contributed by atoms with Gasteiger partial charge in [-0.1, -0.05) is 30.9 Å². The van der Waals surface area contributed by atoms with Crippen molar-refractivity contribution < 1.29 is 0 Å². The van der Waals surface area contributed by atoms with Crippen molar-refractivity contribution in [2.45, 2.75) is 32.1 Å². The average Bonchev–Trinajstić information content (AvgIpc) is 2.34. The summed E-state index contributed by atoms with van der Waals surface area (Å²) < 4.78 is 1.72. The van der Waals surface area contributed by atoms with Crippen LogP contribution >= 0.6 is 43.5 Å². The van der Waals surface area contributed by atoms with E-state index in [4.69, 9.17) is 17.3 Å². The van der Waals surface area contributed by atoms with Crippen molar-refractivity contribution in [2.24, 2.45) is 16.6 Å². The van der Waals surface area contributed by atoms with E-state index in [0.29, 0.717) is 10.9 Å². The van der Waals surface area contributed by atoms with Gasteiger partial charge >= 0.3 is 0 Å². The third-order valence-electron chi connectivity index (χ3n) is 3.25. The summed E-state index contributed by atoms with van der Waals surface area (Å²) >= 11 is 12.9. The first kappa shape index (κ1) is 14.4. The maximum absolute atomic E-state index is 6.13. The number of benzene rings is 1. The summed E-state index contributed by atoms with van der Waals surface area (Å²) in [4.78, 5) is 4.56. The quantitative estimate of drug-likeness (QED) is 0.527. The zero-order valence-electron chi connectivity index (χ0n) is 9.93. The van der Waals surface area contributed by atoms with Crippen molar-refractivity contribution in [3.63, 3.8) is 0 Å². The second-order valence-electron chi connectivity index (χ2n) is 4.59. The highest BCUT2D eigenvalue weighted by Crippen LogP contribution is 2.37. The molecule has 1 fully saturated rings. The minimum Gasteiger partial charge on any atom is -0.387 e. The van der Waals surface area contributed by atoms with Crippen LogP contribution in [0.3, 0.4) is 0 Å². The molecule has 0 saturated heterocycles. The Morgan fingerprint density at radius 1 is 1.17 bits per heavy atom. The van der Waals surface area contributed by atoms with Crippen LogP contribution in [0.4, 0.5) is 5.69 Å². The molecular weight excluding hydrogens is 379 g/mol. The zero-order valence-corrected chi connectivity index (χ0v) is 13.9. The highest BCUT2D eigenvalue weighted by Gasteiger charge is 2.18. The van der Waals surface area contributed by atoms with Crippen LogP contribution in [0.25, 0.3) is 0 Å². The molecule has 2 N–H and O–H groups in total. The fraction of sp³-hybridized carbons (Fsp3) is 0.462. The molecule has 0 radical (unpaired) electrons. The van der Waals surface area contributed by atoms with Crippen LogP contribution in [-0.4, -0.2) is 5.84 Å². The van der Waals surface area contributed by atoms with Crippen molar-refractivity contribution in [3.8, 4) is 0 Å². The van der Waals surface area contributed by atoms with E-state index in [0.717, 1.165) is 33.3 Å². The van der Waals surface area contributed by atoms with Crippen molar-refractivity contribution in [1.82, 2.24) is 0 Å². The Morgan fingerprint density at radius 2 is 1.72 bits per heavy atom. The van der Waals surface area contributed by atoms with E-state index in [-0.39, 0.29) is 0 Å². The van der Waals surface area contributed by atoms with Gasteiger partial charge in [0, 0.05) is 19.9 Å². The summed E-state index contributed by atoms with van der Waals surface area (Å²) in [6.45, 7) is 0. The lowest BCUT2D eigenvalue weighted by atomic mass is 9.88. The first-order valence-electron chi connectivity index (χ1n) is 6.06. The van der Waals surface area contributed by atoms with Gasteiger partial charge in [0.1, 0.15) is 5.84 Å². The summed E-state index contributed by atoms with van der Waals surface area (Å²) in [5.74, 6) is 1.16. The summed E-state index contributed by atoms with van der Waals surface area (Å²) in [7, 11) is 0. The number of nitrogens with zero attached hydrogens (tertiary/aromatic N) is 1. The Kier molecular flexibility index (Phi) is 5.10. The summed E-state index contributed by atoms with van der Waals surface area (Å²) in [5.41, 5.74) is 6.95. The molecule has 0 aromatic heterocycles. The molecule has 0 heterocycles. The molecule has 1 saturated carbocycles. The van der Waals surface area contributed by atoms with Gasteiger partial charge in [-0.3, -0.25) is 0 Å². The van der Waals surface area contributed by atoms with Crippen LogP contribution in [0.5, 0.6) is 0 Å². The summed E-state index contributed by atoms with van der Waals surface area (Å²) in [5, 5.41) is 0.670. The Morgan fingerprint density at radius 3 is 2.28 bits per heavy atom. The molecule has 0 atom stereocenters. The lowest BCUT2D eigenvalue weighted by Crippen LogP contribution is -2.25. The normalized spacial score (nSPS) is 18.1. The van der Waals surface area contributed by atoms with Gasteiger partial charge in [0.2, 0.25) is 0 Å². The first-order chi connectivity index (χ1) is 8.58. The van der Waals surface area contributed by atoms with Gasteiger partial charge in [-0.2, -0.15) is 0 Å². The Bertz CT molecular complexity index is 445. The molecule has 1 aromatic rings. The molecule has 98 valence electrons. The molecule has 18 heavy (non-hydrogen) atoms. The number of hydrogen-bond acceptors (Lipinski definition) is 1. The predicted octanol–water partition coefficient (Wildman–Crippen LogP) is 5.43. The molecule has 2 nitrogen and oxygen atoms in total. The van der Waals surface area contributed by atoms with Crippen molar-refractivity contribution in [2.75, 3.05) is 0 Å². The summed E-state index contributed by atoms with van der Waals surface area (Å²) in [6.07, 6.45) is 6.13. The zero-order chi connectivity index (χ0) is 13.1. The molecule has 2 rings (SSSR count). The average molecular weight is 395 g/mol. The van der Waals surface area contributed by atoms with E-state index >= 15 is 0 Å². The number of nitrogens with two attached hydrogens (primary N) is 1. The molecule has 1 aromatic carbocycles. The van der Waals surface area contributed by atoms with Crippen molar-refractivity contribution in [3.05, 3.63) is 26.1 Å². The standard InChI is InChI=1S/C13H15Br2ClN2/c14-10-6-9(16)7-11(15)12(10)18-13(17)8-4-2-1-3-5-8/h6-8H,1-5H2,(H2,17,18). The van der Waals surface area contributed by atoms with Crippen molar-refractivity contribution >= 4 is 55.0 Å². The van der Waals surface area contributed by atoms with Gasteiger partial charge in [-0.05, 0) is 56.8 Å². The minimum absolute atomic E-state index is 0.424. The van der Waals surface area contributed by atoms with Gasteiger partial charge in [0.25, 0.3) is 0 Å². The van der Waals surface area contributed by atoms with Crippen LogP contribution in [0.15, 0.2) is 26.1 Å². The molecular formula is C13H15Br2ClN2. The predicted molar refractivity (Wildman–Crippen MR) is 84.7 cm³/mol. The number of amidine groups is 1. The van der Waals surface area contributed by atoms with E-state index in [1.165, 1.54) is 19.3 Å². The maximum Gasteiger partial charge on any atom is 0.103 e. The van der Waals surface area contributed by atoms with Gasteiger partial charge in [0.05, 0.1) is 5.69 Å². The minimum atomic E-state index is 0.424. The fourth-order valence-electron chi connectivity index (χ4n) is 2.26. The SMILES string of the molecule is NC(=Nc1c(Br)cc(Cl)cc1Br)C1CCCCC1. The number of hydrogen-bond donors (Lipinski definition) is 1. The third-order valence-corrected chi connectivity index (χ3v) is 4.67. The molecule has 0 spiro atoms. The first-order valence-corrected chi connectivity index (χ1v) is 8.03. The molecule has 0 unspecified atom stereocenters. The molecule has 0 aliphatic heterocycles. The van der Waals surface area contributed by atoms with E-state index < -0.39 is 0 Å². The van der Waals surface area contributed by atoms with Crippen molar-refractivity contribution in [1.29, 1.82) is 0 Å². The lowest BCUT2D eigenvalue weighted by molar-refractivity contribution is 0.437. The fourth-order valence-corrected chi connectivity index (χ4v) is 4.11. The van der Waals surface area contributed by atoms with Gasteiger partial charge < -0.3 is 5.73 Å². The third kappa shape index (κ3) is 3.49. The topological polar surface area (TPSA) is 38.4 Å². The maximum atomic E-state index is 6.13. The molecule has 1 aliphatic carbocycles.